The molecule has 0 aliphatic carbocycles. The average Bonchev–Trinajstić information content (AvgIpc) is 2.45. The maximum absolute atomic E-state index is 11.6. The first-order valence-electron chi connectivity index (χ1n) is 6.36. The van der Waals surface area contributed by atoms with Gasteiger partial charge >= 0.3 is 5.97 Å². The lowest BCUT2D eigenvalue weighted by Gasteiger charge is -2.06. The van der Waals surface area contributed by atoms with Crippen LogP contribution < -0.4 is 10.1 Å². The molecule has 1 unspecified atom stereocenters. The van der Waals surface area contributed by atoms with Gasteiger partial charge in [-0.25, -0.2) is 0 Å². The maximum Gasteiger partial charge on any atom is 0.306 e. The number of amides is 1. The second-order valence-corrected chi connectivity index (χ2v) is 4.39. The third-order valence-corrected chi connectivity index (χ3v) is 2.85. The molecule has 0 aliphatic heterocycles. The van der Waals surface area contributed by atoms with Gasteiger partial charge in [-0.1, -0.05) is 25.1 Å². The molecule has 2 N–H and O–H groups in total. The number of carboxylic acid groups (broad SMARTS) is 1. The fourth-order valence-corrected chi connectivity index (χ4v) is 1.56. The summed E-state index contributed by atoms with van der Waals surface area (Å²) in [6, 6.07) is 7.36. The van der Waals surface area contributed by atoms with Crippen molar-refractivity contribution < 1.29 is 19.4 Å². The van der Waals surface area contributed by atoms with E-state index in [0.717, 1.165) is 5.56 Å². The zero-order valence-corrected chi connectivity index (χ0v) is 11.6. The number of hydrogen-bond donors (Lipinski definition) is 2. The Labute approximate surface area is 118 Å². The average molecular weight is 277 g/mol. The van der Waals surface area contributed by atoms with Crippen LogP contribution in [0.15, 0.2) is 30.3 Å². The number of benzene rings is 1. The predicted octanol–water partition coefficient (Wildman–Crippen LogP) is 1.94. The minimum Gasteiger partial charge on any atom is -0.496 e. The third kappa shape index (κ3) is 5.14. The largest absolute Gasteiger partial charge is 0.496 e. The fourth-order valence-electron chi connectivity index (χ4n) is 1.56. The van der Waals surface area contributed by atoms with Crippen LogP contribution in [0.5, 0.6) is 5.75 Å². The molecule has 1 rings (SSSR count). The Bertz CT molecular complexity index is 496. The van der Waals surface area contributed by atoms with E-state index in [9.17, 15) is 9.59 Å². The second-order valence-electron chi connectivity index (χ2n) is 4.39. The van der Waals surface area contributed by atoms with Gasteiger partial charge in [-0.05, 0) is 18.6 Å². The Morgan fingerprint density at radius 2 is 2.10 bits per heavy atom. The lowest BCUT2D eigenvalue weighted by molar-refractivity contribution is -0.141. The van der Waals surface area contributed by atoms with Crippen molar-refractivity contribution >= 4 is 18.0 Å². The third-order valence-electron chi connectivity index (χ3n) is 2.85. The van der Waals surface area contributed by atoms with Crippen molar-refractivity contribution in [2.75, 3.05) is 13.7 Å². The summed E-state index contributed by atoms with van der Waals surface area (Å²) in [7, 11) is 1.57. The topological polar surface area (TPSA) is 75.6 Å². The van der Waals surface area contributed by atoms with Crippen LogP contribution in [0.4, 0.5) is 0 Å². The van der Waals surface area contributed by atoms with Gasteiger partial charge < -0.3 is 15.2 Å². The zero-order valence-electron chi connectivity index (χ0n) is 11.6. The monoisotopic (exact) mass is 277 g/mol. The van der Waals surface area contributed by atoms with Gasteiger partial charge in [0.2, 0.25) is 5.91 Å². The summed E-state index contributed by atoms with van der Waals surface area (Å²) in [6.07, 6.45) is 3.47. The van der Waals surface area contributed by atoms with Crippen molar-refractivity contribution in [2.24, 2.45) is 5.92 Å². The van der Waals surface area contributed by atoms with Gasteiger partial charge in [0, 0.05) is 18.2 Å². The van der Waals surface area contributed by atoms with Crippen molar-refractivity contribution in [3.8, 4) is 5.75 Å². The maximum atomic E-state index is 11.6. The highest BCUT2D eigenvalue weighted by Gasteiger charge is 2.10. The van der Waals surface area contributed by atoms with E-state index in [1.807, 2.05) is 24.3 Å². The number of ether oxygens (including phenoxy) is 1. The molecule has 0 saturated carbocycles. The number of rotatable bonds is 7. The molecular weight excluding hydrogens is 258 g/mol. The van der Waals surface area contributed by atoms with Crippen molar-refractivity contribution in [3.63, 3.8) is 0 Å². The number of carbonyl (C=O) groups is 2. The van der Waals surface area contributed by atoms with Crippen molar-refractivity contribution in [1.82, 2.24) is 5.32 Å². The number of carboxylic acids is 1. The molecule has 0 aromatic heterocycles. The van der Waals surface area contributed by atoms with Crippen LogP contribution >= 0.6 is 0 Å². The number of carbonyl (C=O) groups excluding carboxylic acids is 1. The van der Waals surface area contributed by atoms with E-state index in [2.05, 4.69) is 5.32 Å². The van der Waals surface area contributed by atoms with Gasteiger partial charge in [0.05, 0.1) is 13.0 Å². The Hall–Kier alpha value is -2.30. The molecule has 0 saturated heterocycles. The molecule has 20 heavy (non-hydrogen) atoms. The van der Waals surface area contributed by atoms with Crippen LogP contribution in [-0.4, -0.2) is 30.6 Å². The molecule has 108 valence electrons. The van der Waals surface area contributed by atoms with Crippen molar-refractivity contribution in [2.45, 2.75) is 13.3 Å². The highest BCUT2D eigenvalue weighted by Crippen LogP contribution is 2.18. The zero-order chi connectivity index (χ0) is 15.0. The van der Waals surface area contributed by atoms with Gasteiger partial charge in [-0.15, -0.1) is 0 Å². The molecule has 0 bridgehead atoms. The highest BCUT2D eigenvalue weighted by atomic mass is 16.5. The molecule has 5 heteroatoms. The van der Waals surface area contributed by atoms with Crippen LogP contribution in [-0.2, 0) is 9.59 Å². The summed E-state index contributed by atoms with van der Waals surface area (Å²) < 4.78 is 5.17. The number of methoxy groups -OCH3 is 1. The lowest BCUT2D eigenvalue weighted by Crippen LogP contribution is -2.25. The molecule has 5 nitrogen and oxygen atoms in total. The Morgan fingerprint density at radius 1 is 1.40 bits per heavy atom. The summed E-state index contributed by atoms with van der Waals surface area (Å²) in [4.78, 5) is 22.2. The van der Waals surface area contributed by atoms with Gasteiger partial charge in [0.1, 0.15) is 5.75 Å². The Morgan fingerprint density at radius 3 is 2.75 bits per heavy atom. The molecule has 1 atom stereocenters. The van der Waals surface area contributed by atoms with Crippen LogP contribution in [0.1, 0.15) is 18.9 Å². The van der Waals surface area contributed by atoms with Crippen LogP contribution in [0, 0.1) is 5.92 Å². The smallest absolute Gasteiger partial charge is 0.306 e. The molecule has 0 aliphatic rings. The van der Waals surface area contributed by atoms with Gasteiger partial charge in [-0.2, -0.15) is 0 Å². The number of para-hydroxylation sites is 1. The van der Waals surface area contributed by atoms with E-state index in [-0.39, 0.29) is 5.91 Å². The fraction of sp³-hybridized carbons (Fsp3) is 0.333. The molecule has 1 amide bonds. The first-order chi connectivity index (χ1) is 9.54. The van der Waals surface area contributed by atoms with E-state index in [4.69, 9.17) is 9.84 Å². The van der Waals surface area contributed by atoms with Gasteiger partial charge in [0.25, 0.3) is 0 Å². The van der Waals surface area contributed by atoms with Crippen LogP contribution in [0.3, 0.4) is 0 Å². The Balaban J connectivity index is 2.46. The number of aliphatic carboxylic acids is 1. The molecule has 1 aromatic rings. The lowest BCUT2D eigenvalue weighted by atomic mass is 10.1. The normalized spacial score (nSPS) is 12.1. The summed E-state index contributed by atoms with van der Waals surface area (Å²) in [5.41, 5.74) is 0.809. The molecule has 0 heterocycles. The molecule has 1 aromatic carbocycles. The van der Waals surface area contributed by atoms with Gasteiger partial charge in [-0.3, -0.25) is 9.59 Å². The quantitative estimate of drug-likeness (QED) is 0.747. The summed E-state index contributed by atoms with van der Waals surface area (Å²) in [5.74, 6) is -0.887. The van der Waals surface area contributed by atoms with E-state index in [1.165, 1.54) is 6.08 Å². The summed E-state index contributed by atoms with van der Waals surface area (Å²) >= 11 is 0. The summed E-state index contributed by atoms with van der Waals surface area (Å²) in [5, 5.41) is 11.4. The Kier molecular flexibility index (Phi) is 6.29. The second kappa shape index (κ2) is 7.99. The molecule has 0 spiro atoms. The predicted molar refractivity (Wildman–Crippen MR) is 76.5 cm³/mol. The van der Waals surface area contributed by atoms with Crippen LogP contribution in [0.25, 0.3) is 6.08 Å². The van der Waals surface area contributed by atoms with Crippen molar-refractivity contribution in [3.05, 3.63) is 35.9 Å². The van der Waals surface area contributed by atoms with E-state index in [1.54, 1.807) is 20.1 Å². The van der Waals surface area contributed by atoms with Gasteiger partial charge in [0.15, 0.2) is 0 Å². The minimum absolute atomic E-state index is 0.256. The molecule has 0 radical (unpaired) electrons. The van der Waals surface area contributed by atoms with E-state index < -0.39 is 11.9 Å². The molecule has 0 fully saturated rings. The van der Waals surface area contributed by atoms with Crippen LogP contribution in [0.2, 0.25) is 0 Å². The minimum atomic E-state index is -0.858. The van der Waals surface area contributed by atoms with E-state index >= 15 is 0 Å². The summed E-state index contributed by atoms with van der Waals surface area (Å²) in [6.45, 7) is 1.95. The SMILES string of the molecule is COc1ccccc1/C=C/C(=O)NCCC(C)C(=O)O. The number of hydrogen-bond acceptors (Lipinski definition) is 3. The molecular formula is C15H19NO4. The van der Waals surface area contributed by atoms with Crippen molar-refractivity contribution in [1.29, 1.82) is 0 Å². The first-order valence-corrected chi connectivity index (χ1v) is 6.36. The number of nitrogens with one attached hydrogen (secondary N) is 1. The first kappa shape index (κ1) is 15.8. The highest BCUT2D eigenvalue weighted by molar-refractivity contribution is 5.92. The standard InChI is InChI=1S/C15H19NO4/c1-11(15(18)19)9-10-16-14(17)8-7-12-5-3-4-6-13(12)20-2/h3-8,11H,9-10H2,1-2H3,(H,16,17)(H,18,19)/b8-7+. The van der Waals surface area contributed by atoms with E-state index in [0.29, 0.717) is 18.7 Å².